The molecular formula is C17H18N4O2S. The van der Waals surface area contributed by atoms with Gasteiger partial charge in [-0.25, -0.2) is 4.98 Å². The molecular weight excluding hydrogens is 324 g/mol. The standard InChI is InChI=1S/C17H18N4O2S/c1-12-18-16(23-20-12)10-21-7-8-22-15(9-21)17-19-14(11-24-17)13-5-3-2-4-6-13/h2-6,11,15H,7-10H2,1H3. The largest absolute Gasteiger partial charge is 0.368 e. The van der Waals surface area contributed by atoms with Gasteiger partial charge in [0, 0.05) is 24.0 Å². The third-order valence-corrected chi connectivity index (χ3v) is 4.88. The molecule has 6 nitrogen and oxygen atoms in total. The minimum atomic E-state index is -0.00905. The summed E-state index contributed by atoms with van der Waals surface area (Å²) < 4.78 is 11.1. The topological polar surface area (TPSA) is 64.3 Å². The monoisotopic (exact) mass is 342 g/mol. The molecule has 7 heteroatoms. The molecule has 3 aromatic rings. The molecule has 1 atom stereocenters. The van der Waals surface area contributed by atoms with Gasteiger partial charge < -0.3 is 9.26 Å². The molecule has 1 aliphatic rings. The van der Waals surface area contributed by atoms with Crippen LogP contribution >= 0.6 is 11.3 Å². The lowest BCUT2D eigenvalue weighted by atomic mass is 10.2. The molecule has 1 saturated heterocycles. The van der Waals surface area contributed by atoms with Crippen LogP contribution in [0.5, 0.6) is 0 Å². The molecule has 0 bridgehead atoms. The van der Waals surface area contributed by atoms with E-state index in [0.717, 1.165) is 29.4 Å². The molecule has 4 rings (SSSR count). The maximum atomic E-state index is 5.93. The van der Waals surface area contributed by atoms with Crippen LogP contribution < -0.4 is 0 Å². The van der Waals surface area contributed by atoms with E-state index < -0.39 is 0 Å². The number of ether oxygens (including phenoxy) is 1. The lowest BCUT2D eigenvalue weighted by Crippen LogP contribution is -2.37. The second kappa shape index (κ2) is 6.80. The van der Waals surface area contributed by atoms with Crippen molar-refractivity contribution in [1.82, 2.24) is 20.0 Å². The Morgan fingerprint density at radius 3 is 2.92 bits per heavy atom. The minimum Gasteiger partial charge on any atom is -0.368 e. The van der Waals surface area contributed by atoms with Crippen molar-refractivity contribution in [3.8, 4) is 11.3 Å². The molecule has 2 aromatic heterocycles. The second-order valence-corrected chi connectivity index (χ2v) is 6.66. The van der Waals surface area contributed by atoms with Gasteiger partial charge in [-0.1, -0.05) is 35.5 Å². The van der Waals surface area contributed by atoms with Gasteiger partial charge in [0.25, 0.3) is 0 Å². The zero-order chi connectivity index (χ0) is 16.4. The molecule has 1 aromatic carbocycles. The molecule has 24 heavy (non-hydrogen) atoms. The summed E-state index contributed by atoms with van der Waals surface area (Å²) in [5.41, 5.74) is 2.14. The minimum absolute atomic E-state index is 0.00905. The summed E-state index contributed by atoms with van der Waals surface area (Å²) in [5, 5.41) is 6.95. The SMILES string of the molecule is Cc1noc(CN2CCOC(c3nc(-c4ccccc4)cs3)C2)n1. The molecule has 0 aliphatic carbocycles. The number of rotatable bonds is 4. The van der Waals surface area contributed by atoms with Gasteiger partial charge in [-0.3, -0.25) is 4.90 Å². The Balaban J connectivity index is 1.45. The fraction of sp³-hybridized carbons (Fsp3) is 0.353. The maximum Gasteiger partial charge on any atom is 0.240 e. The third-order valence-electron chi connectivity index (χ3n) is 3.95. The Morgan fingerprint density at radius 1 is 1.25 bits per heavy atom. The molecule has 1 fully saturated rings. The summed E-state index contributed by atoms with van der Waals surface area (Å²) in [6.45, 7) is 4.80. The first-order valence-corrected chi connectivity index (χ1v) is 8.80. The van der Waals surface area contributed by atoms with Crippen LogP contribution in [0.3, 0.4) is 0 Å². The summed E-state index contributed by atoms with van der Waals surface area (Å²) in [6.07, 6.45) is -0.00905. The Kier molecular flexibility index (Phi) is 4.38. The molecule has 0 amide bonds. The van der Waals surface area contributed by atoms with Crippen molar-refractivity contribution in [1.29, 1.82) is 0 Å². The molecule has 1 aliphatic heterocycles. The smallest absolute Gasteiger partial charge is 0.240 e. The van der Waals surface area contributed by atoms with Gasteiger partial charge in [0.05, 0.1) is 18.8 Å². The van der Waals surface area contributed by atoms with Crippen LogP contribution in [0.15, 0.2) is 40.2 Å². The summed E-state index contributed by atoms with van der Waals surface area (Å²) in [7, 11) is 0. The average Bonchev–Trinajstić information content (AvgIpc) is 3.25. The highest BCUT2D eigenvalue weighted by atomic mass is 32.1. The van der Waals surface area contributed by atoms with Crippen LogP contribution in [0.1, 0.15) is 22.8 Å². The Labute approximate surface area is 144 Å². The maximum absolute atomic E-state index is 5.93. The number of benzene rings is 1. The van der Waals surface area contributed by atoms with Gasteiger partial charge in [0.1, 0.15) is 11.1 Å². The fourth-order valence-corrected chi connectivity index (χ4v) is 3.63. The summed E-state index contributed by atoms with van der Waals surface area (Å²) in [4.78, 5) is 11.3. The first-order chi connectivity index (χ1) is 11.8. The van der Waals surface area contributed by atoms with Gasteiger partial charge in [-0.2, -0.15) is 4.98 Å². The average molecular weight is 342 g/mol. The number of aryl methyl sites for hydroxylation is 1. The number of aromatic nitrogens is 3. The van der Waals surface area contributed by atoms with Crippen molar-refractivity contribution in [2.75, 3.05) is 19.7 Å². The van der Waals surface area contributed by atoms with Gasteiger partial charge in [-0.15, -0.1) is 11.3 Å². The van der Waals surface area contributed by atoms with Crippen LogP contribution in [0.25, 0.3) is 11.3 Å². The number of hydrogen-bond acceptors (Lipinski definition) is 7. The predicted octanol–water partition coefficient (Wildman–Crippen LogP) is 3.08. The van der Waals surface area contributed by atoms with Crippen molar-refractivity contribution < 1.29 is 9.26 Å². The van der Waals surface area contributed by atoms with E-state index in [9.17, 15) is 0 Å². The lowest BCUT2D eigenvalue weighted by Gasteiger charge is -2.30. The lowest BCUT2D eigenvalue weighted by molar-refractivity contribution is -0.0356. The summed E-state index contributed by atoms with van der Waals surface area (Å²) in [6, 6.07) is 10.2. The second-order valence-electron chi connectivity index (χ2n) is 5.77. The highest BCUT2D eigenvalue weighted by Gasteiger charge is 2.25. The molecule has 124 valence electrons. The number of nitrogens with zero attached hydrogens (tertiary/aromatic N) is 4. The van der Waals surface area contributed by atoms with Gasteiger partial charge in [0.15, 0.2) is 5.82 Å². The Morgan fingerprint density at radius 2 is 2.12 bits per heavy atom. The molecule has 1 unspecified atom stereocenters. The van der Waals surface area contributed by atoms with Crippen LogP contribution in [0.2, 0.25) is 0 Å². The number of hydrogen-bond donors (Lipinski definition) is 0. The fourth-order valence-electron chi connectivity index (χ4n) is 2.77. The van der Waals surface area contributed by atoms with E-state index in [0.29, 0.717) is 24.9 Å². The van der Waals surface area contributed by atoms with Crippen LogP contribution in [0.4, 0.5) is 0 Å². The van der Waals surface area contributed by atoms with E-state index in [1.165, 1.54) is 0 Å². The quantitative estimate of drug-likeness (QED) is 0.726. The van der Waals surface area contributed by atoms with E-state index in [-0.39, 0.29) is 6.10 Å². The Hall–Kier alpha value is -2.09. The first kappa shape index (κ1) is 15.4. The zero-order valence-electron chi connectivity index (χ0n) is 13.4. The van der Waals surface area contributed by atoms with Crippen molar-refractivity contribution >= 4 is 11.3 Å². The normalized spacial score (nSPS) is 18.8. The third kappa shape index (κ3) is 3.38. The van der Waals surface area contributed by atoms with E-state index in [4.69, 9.17) is 14.2 Å². The molecule has 3 heterocycles. The van der Waals surface area contributed by atoms with E-state index in [1.807, 2.05) is 25.1 Å². The summed E-state index contributed by atoms with van der Waals surface area (Å²) >= 11 is 1.65. The van der Waals surface area contributed by atoms with Crippen LogP contribution in [0, 0.1) is 6.92 Å². The molecule has 0 N–H and O–H groups in total. The molecule has 0 radical (unpaired) electrons. The van der Waals surface area contributed by atoms with Crippen molar-refractivity contribution in [2.45, 2.75) is 19.6 Å². The van der Waals surface area contributed by atoms with E-state index in [1.54, 1.807) is 11.3 Å². The zero-order valence-corrected chi connectivity index (χ0v) is 14.2. The van der Waals surface area contributed by atoms with Crippen LogP contribution in [-0.4, -0.2) is 39.7 Å². The van der Waals surface area contributed by atoms with Crippen molar-refractivity contribution in [3.05, 3.63) is 52.4 Å². The summed E-state index contributed by atoms with van der Waals surface area (Å²) in [5.74, 6) is 1.32. The van der Waals surface area contributed by atoms with Crippen molar-refractivity contribution in [3.63, 3.8) is 0 Å². The number of morpholine rings is 1. The van der Waals surface area contributed by atoms with Gasteiger partial charge in [-0.05, 0) is 6.92 Å². The molecule has 0 spiro atoms. The predicted molar refractivity (Wildman–Crippen MR) is 90.6 cm³/mol. The van der Waals surface area contributed by atoms with Gasteiger partial charge in [0.2, 0.25) is 5.89 Å². The first-order valence-electron chi connectivity index (χ1n) is 7.92. The highest BCUT2D eigenvalue weighted by molar-refractivity contribution is 7.10. The van der Waals surface area contributed by atoms with Crippen molar-refractivity contribution in [2.24, 2.45) is 0 Å². The van der Waals surface area contributed by atoms with Crippen LogP contribution in [-0.2, 0) is 11.3 Å². The van der Waals surface area contributed by atoms with E-state index in [2.05, 4.69) is 32.6 Å². The Bertz CT molecular complexity index is 802. The highest BCUT2D eigenvalue weighted by Crippen LogP contribution is 2.29. The number of thiazole rings is 1. The van der Waals surface area contributed by atoms with E-state index >= 15 is 0 Å². The molecule has 0 saturated carbocycles. The van der Waals surface area contributed by atoms with Gasteiger partial charge >= 0.3 is 0 Å².